The molecule has 0 radical (unpaired) electrons. The molecule has 0 fully saturated rings. The summed E-state index contributed by atoms with van der Waals surface area (Å²) in [7, 11) is 2.06. The molecule has 0 saturated heterocycles. The Morgan fingerprint density at radius 2 is 1.97 bits per heavy atom. The molecular weight excluding hydrogens is 390 g/mol. The van der Waals surface area contributed by atoms with Gasteiger partial charge in [-0.2, -0.15) is 0 Å². The van der Waals surface area contributed by atoms with Crippen molar-refractivity contribution in [1.82, 2.24) is 20.2 Å². The molecule has 3 rings (SSSR count). The van der Waals surface area contributed by atoms with Gasteiger partial charge in [-0.1, -0.05) is 37.3 Å². The minimum Gasteiger partial charge on any atom is -0.350 e. The number of hydrogen-bond donors (Lipinski definition) is 2. The number of hydrogen-bond acceptors (Lipinski definition) is 4. The Bertz CT molecular complexity index is 1020. The summed E-state index contributed by atoms with van der Waals surface area (Å²) < 4.78 is 0. The molecule has 1 heterocycles. The number of carbonyl (C=O) groups excluding carboxylic acids is 2. The van der Waals surface area contributed by atoms with Gasteiger partial charge >= 0.3 is 0 Å². The van der Waals surface area contributed by atoms with Gasteiger partial charge in [0.05, 0.1) is 25.0 Å². The lowest BCUT2D eigenvalue weighted by atomic mass is 10.1. The van der Waals surface area contributed by atoms with Gasteiger partial charge in [0.1, 0.15) is 5.82 Å². The van der Waals surface area contributed by atoms with Gasteiger partial charge in [0, 0.05) is 30.5 Å². The number of imidazole rings is 1. The molecule has 0 aliphatic carbocycles. The van der Waals surface area contributed by atoms with Crippen LogP contribution >= 0.6 is 0 Å². The molecule has 0 aliphatic rings. The van der Waals surface area contributed by atoms with E-state index in [2.05, 4.69) is 64.5 Å². The second kappa shape index (κ2) is 10.4. The summed E-state index contributed by atoms with van der Waals surface area (Å²) in [6.45, 7) is 5.07. The monoisotopic (exact) mass is 419 g/mol. The van der Waals surface area contributed by atoms with Crippen molar-refractivity contribution in [2.75, 3.05) is 25.0 Å². The van der Waals surface area contributed by atoms with Crippen LogP contribution in [0.3, 0.4) is 0 Å². The zero-order chi connectivity index (χ0) is 22.2. The Morgan fingerprint density at radius 3 is 2.68 bits per heavy atom. The van der Waals surface area contributed by atoms with Crippen LogP contribution in [0.1, 0.15) is 24.7 Å². The number of aromatic amines is 1. The molecule has 1 aromatic heterocycles. The minimum absolute atomic E-state index is 0.00971. The summed E-state index contributed by atoms with van der Waals surface area (Å²) in [5.74, 6) is 0.579. The van der Waals surface area contributed by atoms with Crippen LogP contribution in [0.15, 0.2) is 54.7 Å². The molecule has 0 saturated carbocycles. The summed E-state index contributed by atoms with van der Waals surface area (Å²) >= 11 is 0. The number of nitrogens with zero attached hydrogens (tertiary/aromatic N) is 3. The van der Waals surface area contributed by atoms with Crippen LogP contribution in [0.4, 0.5) is 11.4 Å². The van der Waals surface area contributed by atoms with Crippen molar-refractivity contribution in [1.29, 1.82) is 0 Å². The van der Waals surface area contributed by atoms with Gasteiger partial charge in [0.25, 0.3) is 0 Å². The van der Waals surface area contributed by atoms with Crippen LogP contribution in [0.2, 0.25) is 0 Å². The minimum atomic E-state index is -0.131. The lowest BCUT2D eigenvalue weighted by Gasteiger charge is -2.22. The van der Waals surface area contributed by atoms with Crippen LogP contribution < -0.4 is 10.2 Å². The molecule has 0 aliphatic heterocycles. The van der Waals surface area contributed by atoms with E-state index < -0.39 is 0 Å². The van der Waals surface area contributed by atoms with Crippen molar-refractivity contribution in [2.45, 2.75) is 26.8 Å². The first-order valence-electron chi connectivity index (χ1n) is 10.4. The number of para-hydroxylation sites is 1. The Kier molecular flexibility index (Phi) is 7.43. The third kappa shape index (κ3) is 5.51. The maximum atomic E-state index is 12.3. The van der Waals surface area contributed by atoms with Gasteiger partial charge < -0.3 is 20.1 Å². The van der Waals surface area contributed by atoms with Crippen LogP contribution in [0.25, 0.3) is 11.3 Å². The molecule has 0 bridgehead atoms. The lowest BCUT2D eigenvalue weighted by Crippen LogP contribution is -2.38. The molecule has 2 N–H and O–H groups in total. The highest BCUT2D eigenvalue weighted by atomic mass is 16.2. The number of nitrogens with one attached hydrogen (secondary N) is 2. The average molecular weight is 420 g/mol. The number of carbonyl (C=O) groups is 2. The third-order valence-electron chi connectivity index (χ3n) is 5.18. The molecular formula is C24H29N5O2. The highest BCUT2D eigenvalue weighted by Crippen LogP contribution is 2.30. The van der Waals surface area contributed by atoms with E-state index in [9.17, 15) is 9.59 Å². The molecule has 0 atom stereocenters. The topological polar surface area (TPSA) is 81.3 Å². The highest BCUT2D eigenvalue weighted by Gasteiger charge is 2.15. The zero-order valence-electron chi connectivity index (χ0n) is 18.3. The number of H-pyrrole nitrogens is 1. The van der Waals surface area contributed by atoms with Crippen molar-refractivity contribution in [3.8, 4) is 11.3 Å². The van der Waals surface area contributed by atoms with E-state index in [0.717, 1.165) is 29.1 Å². The van der Waals surface area contributed by atoms with E-state index in [1.165, 1.54) is 5.56 Å². The molecule has 2 aromatic carbocycles. The zero-order valence-corrected chi connectivity index (χ0v) is 18.3. The van der Waals surface area contributed by atoms with Crippen LogP contribution in [0.5, 0.6) is 0 Å². The fourth-order valence-corrected chi connectivity index (χ4v) is 3.50. The maximum Gasteiger partial charge on any atom is 0.242 e. The van der Waals surface area contributed by atoms with Crippen molar-refractivity contribution in [3.05, 3.63) is 66.1 Å². The third-order valence-corrected chi connectivity index (χ3v) is 5.18. The number of anilines is 2. The molecule has 7 heteroatoms. The fourth-order valence-electron chi connectivity index (χ4n) is 3.50. The Balaban J connectivity index is 1.80. The van der Waals surface area contributed by atoms with Crippen molar-refractivity contribution in [2.24, 2.45) is 0 Å². The van der Waals surface area contributed by atoms with Crippen LogP contribution in [0, 0.1) is 6.92 Å². The molecule has 3 aromatic rings. The van der Waals surface area contributed by atoms with E-state index in [1.54, 1.807) is 11.1 Å². The number of aryl methyl sites for hydroxylation is 1. The summed E-state index contributed by atoms with van der Waals surface area (Å²) in [6.07, 6.45) is 3.16. The average Bonchev–Trinajstić information content (AvgIpc) is 3.26. The highest BCUT2D eigenvalue weighted by molar-refractivity contribution is 5.80. The SMILES string of the molecule is CCCN(Cc1ncc(-c2ccc(C)c(N(C)c3ccccc3)c2)[nH]1)C(=O)CNC=O. The Hall–Kier alpha value is -3.61. The van der Waals surface area contributed by atoms with Crippen molar-refractivity contribution in [3.63, 3.8) is 0 Å². The first-order chi connectivity index (χ1) is 15.0. The smallest absolute Gasteiger partial charge is 0.242 e. The standard InChI is InChI=1S/C24H29N5O2/c1-4-12-29(24(31)15-25-17-30)16-23-26-14-21(27-23)19-11-10-18(2)22(13-19)28(3)20-8-6-5-7-9-20/h5-11,13-14,17H,4,12,15-16H2,1-3H3,(H,25,30)(H,26,27). The largest absolute Gasteiger partial charge is 0.350 e. The maximum absolute atomic E-state index is 12.3. The van der Waals surface area contributed by atoms with E-state index >= 15 is 0 Å². The predicted octanol–water partition coefficient (Wildman–Crippen LogP) is 3.64. The molecule has 2 amide bonds. The van der Waals surface area contributed by atoms with Crippen molar-refractivity contribution < 1.29 is 9.59 Å². The number of amides is 2. The normalized spacial score (nSPS) is 10.5. The van der Waals surface area contributed by atoms with Gasteiger partial charge in [-0.25, -0.2) is 4.98 Å². The van der Waals surface area contributed by atoms with Gasteiger partial charge in [0.2, 0.25) is 12.3 Å². The first-order valence-corrected chi connectivity index (χ1v) is 10.4. The van der Waals surface area contributed by atoms with Crippen LogP contribution in [-0.2, 0) is 16.1 Å². The van der Waals surface area contributed by atoms with E-state index in [1.807, 2.05) is 25.1 Å². The summed E-state index contributed by atoms with van der Waals surface area (Å²) in [6, 6.07) is 16.5. The number of benzene rings is 2. The van der Waals surface area contributed by atoms with Gasteiger partial charge in [0.15, 0.2) is 0 Å². The van der Waals surface area contributed by atoms with E-state index in [4.69, 9.17) is 0 Å². The Morgan fingerprint density at radius 1 is 1.19 bits per heavy atom. The number of aromatic nitrogens is 2. The van der Waals surface area contributed by atoms with E-state index in [0.29, 0.717) is 25.3 Å². The molecule has 162 valence electrons. The first kappa shape index (κ1) is 22.1. The molecule has 31 heavy (non-hydrogen) atoms. The predicted molar refractivity (Wildman–Crippen MR) is 123 cm³/mol. The molecule has 7 nitrogen and oxygen atoms in total. The molecule has 0 unspecified atom stereocenters. The summed E-state index contributed by atoms with van der Waals surface area (Å²) in [5.41, 5.74) is 5.33. The fraction of sp³-hybridized carbons (Fsp3) is 0.292. The number of rotatable bonds is 10. The quantitative estimate of drug-likeness (QED) is 0.492. The van der Waals surface area contributed by atoms with Crippen LogP contribution in [-0.4, -0.2) is 47.3 Å². The van der Waals surface area contributed by atoms with Gasteiger partial charge in [-0.15, -0.1) is 0 Å². The van der Waals surface area contributed by atoms with Crippen molar-refractivity contribution >= 4 is 23.7 Å². The molecule has 0 spiro atoms. The summed E-state index contributed by atoms with van der Waals surface area (Å²) in [5, 5.41) is 2.43. The van der Waals surface area contributed by atoms with Gasteiger partial charge in [-0.05, 0) is 37.1 Å². The second-order valence-corrected chi connectivity index (χ2v) is 7.45. The Labute approximate surface area is 183 Å². The lowest BCUT2D eigenvalue weighted by molar-refractivity contribution is -0.132. The summed E-state index contributed by atoms with van der Waals surface area (Å²) in [4.78, 5) is 34.5. The second-order valence-electron chi connectivity index (χ2n) is 7.45. The van der Waals surface area contributed by atoms with Gasteiger partial charge in [-0.3, -0.25) is 9.59 Å². The van der Waals surface area contributed by atoms with E-state index in [-0.39, 0.29) is 12.5 Å².